The molecule has 0 saturated heterocycles. The van der Waals surface area contributed by atoms with Gasteiger partial charge in [0.25, 0.3) is 0 Å². The summed E-state index contributed by atoms with van der Waals surface area (Å²) in [7, 11) is 0. The van der Waals surface area contributed by atoms with E-state index in [9.17, 15) is 0 Å². The van der Waals surface area contributed by atoms with Crippen LogP contribution in [0.2, 0.25) is 0 Å². The third-order valence-electron chi connectivity index (χ3n) is 2.59. The average Bonchev–Trinajstić information content (AvgIpc) is 2.78. The van der Waals surface area contributed by atoms with E-state index in [4.69, 9.17) is 0 Å². The minimum absolute atomic E-state index is 0.736. The van der Waals surface area contributed by atoms with E-state index in [0.29, 0.717) is 0 Å². The molecule has 0 spiro atoms. The monoisotopic (exact) mass is 201 g/mol. The van der Waals surface area contributed by atoms with Gasteiger partial charge in [0.2, 0.25) is 0 Å². The van der Waals surface area contributed by atoms with Gasteiger partial charge in [-0.05, 0) is 18.5 Å². The normalized spacial score (nSPS) is 16.7. The lowest BCUT2D eigenvalue weighted by Gasteiger charge is -2.13. The Labute approximate surface area is 86.7 Å². The molecule has 3 heterocycles. The van der Waals surface area contributed by atoms with Crippen molar-refractivity contribution in [3.63, 3.8) is 0 Å². The van der Waals surface area contributed by atoms with Gasteiger partial charge in [0.1, 0.15) is 11.8 Å². The summed E-state index contributed by atoms with van der Waals surface area (Å²) in [4.78, 5) is 15.6. The van der Waals surface area contributed by atoms with Crippen LogP contribution in [-0.2, 0) is 0 Å². The van der Waals surface area contributed by atoms with E-state index in [0.717, 1.165) is 36.4 Å². The molecule has 0 fully saturated rings. The van der Waals surface area contributed by atoms with Crippen LogP contribution in [0.25, 0.3) is 16.7 Å². The summed E-state index contributed by atoms with van der Waals surface area (Å²) >= 11 is 0. The molecule has 0 saturated carbocycles. The molecule has 2 aromatic rings. The van der Waals surface area contributed by atoms with Crippen molar-refractivity contribution in [1.82, 2.24) is 25.3 Å². The Bertz CT molecular complexity index is 513. The number of nitrogens with one attached hydrogen (secondary N) is 2. The molecule has 5 nitrogen and oxygen atoms in total. The zero-order valence-electron chi connectivity index (χ0n) is 8.20. The van der Waals surface area contributed by atoms with Gasteiger partial charge in [-0.3, -0.25) is 0 Å². The lowest BCUT2D eigenvalue weighted by molar-refractivity contribution is 0.737. The number of H-pyrrole nitrogens is 1. The maximum Gasteiger partial charge on any atom is 0.181 e. The molecular formula is C10H11N5. The van der Waals surface area contributed by atoms with Crippen LogP contribution in [-0.4, -0.2) is 33.0 Å². The molecule has 0 radical (unpaired) electrons. The van der Waals surface area contributed by atoms with Gasteiger partial charge in [-0.15, -0.1) is 0 Å². The summed E-state index contributed by atoms with van der Waals surface area (Å²) in [6, 6.07) is 0. The Morgan fingerprint density at radius 2 is 2.20 bits per heavy atom. The summed E-state index contributed by atoms with van der Waals surface area (Å²) in [6.45, 7) is 1.92. The third kappa shape index (κ3) is 1.41. The lowest BCUT2D eigenvalue weighted by Crippen LogP contribution is -2.20. The molecule has 0 amide bonds. The van der Waals surface area contributed by atoms with E-state index in [2.05, 4.69) is 31.3 Å². The SMILES string of the molecule is C1=C(c2ncnc3nc[nH]c23)CCNC1. The number of aromatic amines is 1. The first-order valence-electron chi connectivity index (χ1n) is 4.99. The smallest absolute Gasteiger partial charge is 0.181 e. The summed E-state index contributed by atoms with van der Waals surface area (Å²) in [5, 5.41) is 3.28. The van der Waals surface area contributed by atoms with Gasteiger partial charge >= 0.3 is 0 Å². The van der Waals surface area contributed by atoms with Crippen LogP contribution in [0.4, 0.5) is 0 Å². The van der Waals surface area contributed by atoms with Crippen LogP contribution in [0, 0.1) is 0 Å². The number of hydrogen-bond donors (Lipinski definition) is 2. The predicted molar refractivity (Wildman–Crippen MR) is 57.1 cm³/mol. The van der Waals surface area contributed by atoms with Gasteiger partial charge in [-0.2, -0.15) is 0 Å². The van der Waals surface area contributed by atoms with Crippen LogP contribution in [0.1, 0.15) is 12.1 Å². The molecule has 1 aliphatic rings. The second-order valence-corrected chi connectivity index (χ2v) is 3.51. The summed E-state index contributed by atoms with van der Waals surface area (Å²) in [6.07, 6.45) is 6.41. The Kier molecular flexibility index (Phi) is 1.96. The zero-order valence-corrected chi connectivity index (χ0v) is 8.20. The summed E-state index contributed by atoms with van der Waals surface area (Å²) < 4.78 is 0. The predicted octanol–water partition coefficient (Wildman–Crippen LogP) is 0.730. The van der Waals surface area contributed by atoms with Crippen LogP contribution in [0.15, 0.2) is 18.7 Å². The Morgan fingerprint density at radius 3 is 3.07 bits per heavy atom. The fraction of sp³-hybridized carbons (Fsp3) is 0.300. The second kappa shape index (κ2) is 3.43. The highest BCUT2D eigenvalue weighted by Crippen LogP contribution is 2.22. The lowest BCUT2D eigenvalue weighted by atomic mass is 10.1. The van der Waals surface area contributed by atoms with Crippen molar-refractivity contribution in [2.24, 2.45) is 0 Å². The van der Waals surface area contributed by atoms with Crippen molar-refractivity contribution in [2.45, 2.75) is 6.42 Å². The van der Waals surface area contributed by atoms with Gasteiger partial charge in [0, 0.05) is 6.54 Å². The molecule has 0 aromatic carbocycles. The largest absolute Gasteiger partial charge is 0.341 e. The first-order chi connectivity index (χ1) is 7.45. The highest BCUT2D eigenvalue weighted by atomic mass is 15.0. The minimum Gasteiger partial charge on any atom is -0.341 e. The van der Waals surface area contributed by atoms with E-state index in [1.807, 2.05) is 0 Å². The summed E-state index contributed by atoms with van der Waals surface area (Å²) in [5.41, 5.74) is 3.93. The highest BCUT2D eigenvalue weighted by Gasteiger charge is 2.12. The molecule has 15 heavy (non-hydrogen) atoms. The Balaban J connectivity index is 2.17. The molecule has 2 aromatic heterocycles. The van der Waals surface area contributed by atoms with Gasteiger partial charge in [0.15, 0.2) is 5.65 Å². The molecule has 76 valence electrons. The van der Waals surface area contributed by atoms with Gasteiger partial charge in [0.05, 0.1) is 12.0 Å². The number of hydrogen-bond acceptors (Lipinski definition) is 4. The Morgan fingerprint density at radius 1 is 1.20 bits per heavy atom. The first kappa shape index (κ1) is 8.55. The number of aromatic nitrogens is 4. The van der Waals surface area contributed by atoms with E-state index in [1.165, 1.54) is 5.57 Å². The highest BCUT2D eigenvalue weighted by molar-refractivity contribution is 5.84. The van der Waals surface area contributed by atoms with Crippen LogP contribution >= 0.6 is 0 Å². The van der Waals surface area contributed by atoms with Crippen molar-refractivity contribution < 1.29 is 0 Å². The maximum atomic E-state index is 4.32. The van der Waals surface area contributed by atoms with Crippen molar-refractivity contribution in [1.29, 1.82) is 0 Å². The molecule has 0 bridgehead atoms. The quantitative estimate of drug-likeness (QED) is 0.713. The fourth-order valence-corrected chi connectivity index (χ4v) is 1.85. The molecule has 2 N–H and O–H groups in total. The molecule has 0 unspecified atom stereocenters. The van der Waals surface area contributed by atoms with Crippen molar-refractivity contribution >= 4 is 16.7 Å². The molecule has 0 aliphatic carbocycles. The van der Waals surface area contributed by atoms with Crippen LogP contribution in [0.5, 0.6) is 0 Å². The summed E-state index contributed by atoms with van der Waals surface area (Å²) in [5.74, 6) is 0. The van der Waals surface area contributed by atoms with Gasteiger partial charge in [-0.25, -0.2) is 15.0 Å². The van der Waals surface area contributed by atoms with E-state index >= 15 is 0 Å². The van der Waals surface area contributed by atoms with Crippen molar-refractivity contribution in [3.05, 3.63) is 24.4 Å². The third-order valence-corrected chi connectivity index (χ3v) is 2.59. The maximum absolute atomic E-state index is 4.32. The number of imidazole rings is 1. The minimum atomic E-state index is 0.736. The fourth-order valence-electron chi connectivity index (χ4n) is 1.85. The van der Waals surface area contributed by atoms with Crippen LogP contribution in [0.3, 0.4) is 0 Å². The second-order valence-electron chi connectivity index (χ2n) is 3.51. The van der Waals surface area contributed by atoms with E-state index < -0.39 is 0 Å². The zero-order chi connectivity index (χ0) is 10.1. The van der Waals surface area contributed by atoms with Crippen LogP contribution < -0.4 is 5.32 Å². The topological polar surface area (TPSA) is 66.5 Å². The first-order valence-corrected chi connectivity index (χ1v) is 4.99. The van der Waals surface area contributed by atoms with E-state index in [1.54, 1.807) is 12.7 Å². The number of nitrogens with zero attached hydrogens (tertiary/aromatic N) is 3. The molecule has 1 aliphatic heterocycles. The number of fused-ring (bicyclic) bond motifs is 1. The Hall–Kier alpha value is -1.75. The van der Waals surface area contributed by atoms with Crippen molar-refractivity contribution in [2.75, 3.05) is 13.1 Å². The van der Waals surface area contributed by atoms with Gasteiger partial charge in [-0.1, -0.05) is 6.08 Å². The molecule has 0 atom stereocenters. The molecule has 5 heteroatoms. The van der Waals surface area contributed by atoms with E-state index in [-0.39, 0.29) is 0 Å². The average molecular weight is 201 g/mol. The van der Waals surface area contributed by atoms with Crippen molar-refractivity contribution in [3.8, 4) is 0 Å². The number of rotatable bonds is 1. The van der Waals surface area contributed by atoms with Gasteiger partial charge < -0.3 is 10.3 Å². The molecule has 3 rings (SSSR count). The molecular weight excluding hydrogens is 190 g/mol. The standard InChI is InChI=1S/C10H11N5/c1-3-11-4-2-7(1)8-9-10(14-5-12-8)15-6-13-9/h1,5-6,11H,2-4H2,(H,12,13,14,15).